The average Bonchev–Trinajstić information content (AvgIpc) is 3.14. The zero-order chi connectivity index (χ0) is 19.5. The van der Waals surface area contributed by atoms with Crippen molar-refractivity contribution in [3.05, 3.63) is 83.4 Å². The van der Waals surface area contributed by atoms with Crippen molar-refractivity contribution in [2.24, 2.45) is 0 Å². The molecule has 2 aromatic heterocycles. The second kappa shape index (κ2) is 7.90. The molecule has 0 aliphatic carbocycles. The summed E-state index contributed by atoms with van der Waals surface area (Å²) in [6.45, 7) is 1.97. The molecule has 1 unspecified atom stereocenters. The predicted octanol–water partition coefficient (Wildman–Crippen LogP) is 4.29. The number of hydrogen-bond acceptors (Lipinski definition) is 4. The number of pyridine rings is 1. The molecule has 0 bridgehead atoms. The van der Waals surface area contributed by atoms with Crippen LogP contribution in [0.5, 0.6) is 5.75 Å². The highest BCUT2D eigenvalue weighted by Gasteiger charge is 2.15. The zero-order valence-corrected chi connectivity index (χ0v) is 16.0. The Labute approximate surface area is 164 Å². The second-order valence-corrected chi connectivity index (χ2v) is 7.68. The van der Waals surface area contributed by atoms with Crippen molar-refractivity contribution in [3.8, 4) is 5.75 Å². The molecular formula is C21H18FN3O2S. The van der Waals surface area contributed by atoms with Gasteiger partial charge in [-0.15, -0.1) is 0 Å². The quantitative estimate of drug-likeness (QED) is 0.529. The Kier molecular flexibility index (Phi) is 5.16. The van der Waals surface area contributed by atoms with Crippen molar-refractivity contribution in [2.45, 2.75) is 24.4 Å². The van der Waals surface area contributed by atoms with E-state index < -0.39 is 10.8 Å². The Morgan fingerprint density at radius 3 is 2.71 bits per heavy atom. The molecule has 1 N–H and O–H groups in total. The van der Waals surface area contributed by atoms with Crippen LogP contribution in [0.4, 0.5) is 4.39 Å². The van der Waals surface area contributed by atoms with Crippen LogP contribution >= 0.6 is 0 Å². The molecule has 4 aromatic rings. The fraction of sp³-hybridized carbons (Fsp3) is 0.143. The zero-order valence-electron chi connectivity index (χ0n) is 15.2. The molecule has 0 amide bonds. The van der Waals surface area contributed by atoms with Gasteiger partial charge in [-0.25, -0.2) is 9.37 Å². The van der Waals surface area contributed by atoms with Gasteiger partial charge in [0.2, 0.25) is 0 Å². The van der Waals surface area contributed by atoms with E-state index in [9.17, 15) is 8.60 Å². The van der Waals surface area contributed by atoms with Gasteiger partial charge in [0.15, 0.2) is 5.16 Å². The molecule has 4 rings (SSSR count). The van der Waals surface area contributed by atoms with E-state index in [1.54, 1.807) is 30.5 Å². The van der Waals surface area contributed by atoms with Gasteiger partial charge in [-0.3, -0.25) is 9.19 Å². The van der Waals surface area contributed by atoms with Gasteiger partial charge in [-0.1, -0.05) is 30.3 Å². The van der Waals surface area contributed by atoms with Gasteiger partial charge >= 0.3 is 0 Å². The second-order valence-electron chi connectivity index (χ2n) is 6.31. The third kappa shape index (κ3) is 3.80. The number of hydrogen-bond donors (Lipinski definition) is 1. The first-order chi connectivity index (χ1) is 13.6. The molecule has 0 fully saturated rings. The Balaban J connectivity index is 1.51. The summed E-state index contributed by atoms with van der Waals surface area (Å²) in [4.78, 5) is 11.8. The van der Waals surface area contributed by atoms with Crippen LogP contribution in [0.1, 0.15) is 16.8 Å². The molecule has 0 saturated carbocycles. The van der Waals surface area contributed by atoms with Gasteiger partial charge in [0.1, 0.15) is 18.2 Å². The number of aromatic amines is 1. The number of imidazole rings is 1. The van der Waals surface area contributed by atoms with Crippen molar-refractivity contribution in [1.29, 1.82) is 0 Å². The normalized spacial score (nSPS) is 12.2. The smallest absolute Gasteiger partial charge is 0.197 e. The lowest BCUT2D eigenvalue weighted by molar-refractivity contribution is 0.297. The van der Waals surface area contributed by atoms with E-state index in [0.29, 0.717) is 22.2 Å². The highest BCUT2D eigenvalue weighted by atomic mass is 32.2. The standard InChI is InChI=1S/C21H18FN3O2S/c1-14-19(13-28(26)21-24-17-8-4-5-9-18(17)25-21)23-11-10-20(14)27-12-15-6-2-3-7-16(15)22/h2-11H,12-13H2,1H3,(H,24,25). The fourth-order valence-electron chi connectivity index (χ4n) is 2.86. The van der Waals surface area contributed by atoms with Gasteiger partial charge in [0.05, 0.1) is 33.3 Å². The van der Waals surface area contributed by atoms with Crippen molar-refractivity contribution in [2.75, 3.05) is 0 Å². The van der Waals surface area contributed by atoms with Gasteiger partial charge in [0, 0.05) is 17.3 Å². The van der Waals surface area contributed by atoms with Crippen LogP contribution in [0.15, 0.2) is 66.0 Å². The van der Waals surface area contributed by atoms with Crippen LogP contribution in [0.2, 0.25) is 0 Å². The van der Waals surface area contributed by atoms with Crippen molar-refractivity contribution in [1.82, 2.24) is 15.0 Å². The minimum absolute atomic E-state index is 0.115. The van der Waals surface area contributed by atoms with E-state index >= 15 is 0 Å². The molecular weight excluding hydrogens is 377 g/mol. The third-order valence-electron chi connectivity index (χ3n) is 4.45. The maximum Gasteiger partial charge on any atom is 0.197 e. The number of aromatic nitrogens is 3. The molecule has 28 heavy (non-hydrogen) atoms. The molecule has 2 heterocycles. The molecule has 5 nitrogen and oxygen atoms in total. The molecule has 2 aromatic carbocycles. The summed E-state index contributed by atoms with van der Waals surface area (Å²) in [5, 5.41) is 0.417. The summed E-state index contributed by atoms with van der Waals surface area (Å²) < 4.78 is 32.3. The third-order valence-corrected chi connectivity index (χ3v) is 5.61. The summed E-state index contributed by atoms with van der Waals surface area (Å²) in [5.74, 6) is 0.498. The topological polar surface area (TPSA) is 67.9 Å². The predicted molar refractivity (Wildman–Crippen MR) is 106 cm³/mol. The molecule has 0 aliphatic rings. The SMILES string of the molecule is Cc1c(OCc2ccccc2F)ccnc1CS(=O)c1nc2ccccc2[nH]1. The largest absolute Gasteiger partial charge is 0.488 e. The molecule has 7 heteroatoms. The van der Waals surface area contributed by atoms with E-state index in [0.717, 1.165) is 16.6 Å². The number of benzene rings is 2. The Morgan fingerprint density at radius 2 is 1.89 bits per heavy atom. The lowest BCUT2D eigenvalue weighted by atomic mass is 10.2. The maximum atomic E-state index is 13.8. The van der Waals surface area contributed by atoms with Gasteiger partial charge in [0.25, 0.3) is 0 Å². The van der Waals surface area contributed by atoms with E-state index in [2.05, 4.69) is 15.0 Å². The minimum atomic E-state index is -1.37. The minimum Gasteiger partial charge on any atom is -0.488 e. The van der Waals surface area contributed by atoms with Crippen LogP contribution in [0.25, 0.3) is 11.0 Å². The summed E-state index contributed by atoms with van der Waals surface area (Å²) in [6, 6.07) is 15.8. The highest BCUT2D eigenvalue weighted by Crippen LogP contribution is 2.23. The average molecular weight is 395 g/mol. The number of ether oxygens (including phenoxy) is 1. The number of H-pyrrole nitrogens is 1. The van der Waals surface area contributed by atoms with Crippen LogP contribution in [0.3, 0.4) is 0 Å². The van der Waals surface area contributed by atoms with Gasteiger partial charge in [-0.05, 0) is 31.2 Å². The highest BCUT2D eigenvalue weighted by molar-refractivity contribution is 7.84. The van der Waals surface area contributed by atoms with E-state index in [1.165, 1.54) is 6.07 Å². The number of halogens is 1. The fourth-order valence-corrected chi connectivity index (χ4v) is 3.96. The van der Waals surface area contributed by atoms with Crippen molar-refractivity contribution >= 4 is 21.8 Å². The van der Waals surface area contributed by atoms with E-state index in [4.69, 9.17) is 4.74 Å². The van der Waals surface area contributed by atoms with Crippen LogP contribution in [-0.2, 0) is 23.2 Å². The molecule has 1 atom stereocenters. The van der Waals surface area contributed by atoms with E-state index in [1.807, 2.05) is 31.2 Å². The molecule has 0 radical (unpaired) electrons. The number of nitrogens with zero attached hydrogens (tertiary/aromatic N) is 2. The lowest BCUT2D eigenvalue weighted by Gasteiger charge is -2.12. The number of para-hydroxylation sites is 2. The molecule has 0 saturated heterocycles. The number of nitrogens with one attached hydrogen (secondary N) is 1. The van der Waals surface area contributed by atoms with Crippen LogP contribution in [-0.4, -0.2) is 19.2 Å². The summed E-state index contributed by atoms with van der Waals surface area (Å²) in [7, 11) is -1.37. The van der Waals surface area contributed by atoms with Gasteiger partial charge in [-0.2, -0.15) is 0 Å². The number of fused-ring (bicyclic) bond motifs is 1. The maximum absolute atomic E-state index is 13.8. The lowest BCUT2D eigenvalue weighted by Crippen LogP contribution is -2.05. The monoisotopic (exact) mass is 395 g/mol. The Morgan fingerprint density at radius 1 is 1.11 bits per heavy atom. The first-order valence-electron chi connectivity index (χ1n) is 8.75. The van der Waals surface area contributed by atoms with Crippen LogP contribution in [0, 0.1) is 12.7 Å². The summed E-state index contributed by atoms with van der Waals surface area (Å²) in [5.41, 5.74) is 3.54. The summed E-state index contributed by atoms with van der Waals surface area (Å²) >= 11 is 0. The Hall–Kier alpha value is -3.06. The Bertz CT molecular complexity index is 1130. The van der Waals surface area contributed by atoms with Crippen molar-refractivity contribution in [3.63, 3.8) is 0 Å². The number of rotatable bonds is 6. The first-order valence-corrected chi connectivity index (χ1v) is 10.1. The molecule has 0 aliphatic heterocycles. The van der Waals surface area contributed by atoms with Crippen LogP contribution < -0.4 is 4.74 Å². The molecule has 0 spiro atoms. The first kappa shape index (κ1) is 18.3. The van der Waals surface area contributed by atoms with E-state index in [-0.39, 0.29) is 18.2 Å². The van der Waals surface area contributed by atoms with Gasteiger partial charge < -0.3 is 9.72 Å². The summed E-state index contributed by atoms with van der Waals surface area (Å²) in [6.07, 6.45) is 1.61. The molecule has 142 valence electrons. The van der Waals surface area contributed by atoms with Crippen molar-refractivity contribution < 1.29 is 13.3 Å².